The predicted molar refractivity (Wildman–Crippen MR) is 124 cm³/mol. The van der Waals surface area contributed by atoms with E-state index in [0.29, 0.717) is 21.6 Å². The van der Waals surface area contributed by atoms with Crippen LogP contribution < -0.4 is 5.32 Å². The van der Waals surface area contributed by atoms with E-state index in [4.69, 9.17) is 23.2 Å². The minimum atomic E-state index is -0.422. The number of benzene rings is 3. The van der Waals surface area contributed by atoms with Gasteiger partial charge < -0.3 is 5.32 Å². The van der Waals surface area contributed by atoms with Crippen LogP contribution in [0.3, 0.4) is 0 Å². The van der Waals surface area contributed by atoms with Gasteiger partial charge in [0.15, 0.2) is 5.82 Å². The van der Waals surface area contributed by atoms with Crippen LogP contribution in [0, 0.1) is 6.92 Å². The third-order valence-electron chi connectivity index (χ3n) is 4.41. The van der Waals surface area contributed by atoms with E-state index in [9.17, 15) is 4.79 Å². The highest BCUT2D eigenvalue weighted by Gasteiger charge is 2.20. The zero-order chi connectivity index (χ0) is 21.3. The molecule has 1 aromatic heterocycles. The first-order valence-electron chi connectivity index (χ1n) is 8.97. The van der Waals surface area contributed by atoms with Crippen molar-refractivity contribution >= 4 is 50.7 Å². The zero-order valence-electron chi connectivity index (χ0n) is 15.7. The number of aromatic nitrogens is 3. The molecule has 8 heteroatoms. The molecule has 0 spiro atoms. The quantitative estimate of drug-likeness (QED) is 0.344. The van der Waals surface area contributed by atoms with E-state index in [0.717, 1.165) is 21.3 Å². The van der Waals surface area contributed by atoms with Gasteiger partial charge in [-0.05, 0) is 61.0 Å². The lowest BCUT2D eigenvalue weighted by Crippen LogP contribution is -2.14. The van der Waals surface area contributed by atoms with Crippen LogP contribution in [0.15, 0.2) is 71.2 Å². The summed E-state index contributed by atoms with van der Waals surface area (Å²) in [6.07, 6.45) is 0. The lowest BCUT2D eigenvalue weighted by atomic mass is 10.2. The predicted octanol–water partition coefficient (Wildman–Crippen LogP) is 6.56. The number of halogens is 3. The van der Waals surface area contributed by atoms with Crippen molar-refractivity contribution in [3.63, 3.8) is 0 Å². The van der Waals surface area contributed by atoms with Crippen molar-refractivity contribution in [2.45, 2.75) is 6.92 Å². The van der Waals surface area contributed by atoms with Crippen LogP contribution in [-0.2, 0) is 0 Å². The zero-order valence-corrected chi connectivity index (χ0v) is 18.8. The lowest BCUT2D eigenvalue weighted by Gasteiger charge is -2.09. The van der Waals surface area contributed by atoms with Crippen LogP contribution >= 0.6 is 39.1 Å². The number of hydrogen-bond donors (Lipinski definition) is 1. The van der Waals surface area contributed by atoms with Gasteiger partial charge in [-0.2, -0.15) is 0 Å². The molecule has 1 N–H and O–H groups in total. The molecule has 30 heavy (non-hydrogen) atoms. The molecule has 0 saturated heterocycles. The molecular weight excluding hydrogens is 487 g/mol. The molecule has 150 valence electrons. The molecule has 3 aromatic carbocycles. The molecule has 0 saturated carbocycles. The monoisotopic (exact) mass is 500 g/mol. The Morgan fingerprint density at radius 1 is 0.967 bits per heavy atom. The Hall–Kier alpha value is -2.67. The smallest absolute Gasteiger partial charge is 0.295 e. The molecule has 1 heterocycles. The van der Waals surface area contributed by atoms with Crippen LogP contribution in [0.25, 0.3) is 17.1 Å². The van der Waals surface area contributed by atoms with Gasteiger partial charge in [0.05, 0.1) is 5.69 Å². The molecule has 0 unspecified atom stereocenters. The van der Waals surface area contributed by atoms with E-state index in [2.05, 4.69) is 31.3 Å². The largest absolute Gasteiger partial charge is 0.319 e. The lowest BCUT2D eigenvalue weighted by molar-refractivity contribution is 0.101. The van der Waals surface area contributed by atoms with Crippen molar-refractivity contribution in [3.8, 4) is 17.1 Å². The summed E-state index contributed by atoms with van der Waals surface area (Å²) in [5.74, 6) is 0.158. The summed E-state index contributed by atoms with van der Waals surface area (Å²) in [5.41, 5.74) is 3.12. The molecule has 0 aliphatic rings. The highest BCUT2D eigenvalue weighted by atomic mass is 79.9. The van der Waals surface area contributed by atoms with Gasteiger partial charge in [-0.3, -0.25) is 4.79 Å². The van der Waals surface area contributed by atoms with Crippen molar-refractivity contribution in [2.24, 2.45) is 0 Å². The minimum absolute atomic E-state index is 0.0437. The van der Waals surface area contributed by atoms with Crippen molar-refractivity contribution in [2.75, 3.05) is 5.32 Å². The van der Waals surface area contributed by atoms with E-state index in [-0.39, 0.29) is 5.82 Å². The van der Waals surface area contributed by atoms with Gasteiger partial charge in [-0.15, -0.1) is 5.10 Å². The molecule has 5 nitrogen and oxygen atoms in total. The van der Waals surface area contributed by atoms with Crippen LogP contribution in [-0.4, -0.2) is 20.7 Å². The van der Waals surface area contributed by atoms with E-state index >= 15 is 0 Å². The topological polar surface area (TPSA) is 59.8 Å². The Kier molecular flexibility index (Phi) is 5.90. The maximum atomic E-state index is 12.8. The third-order valence-corrected chi connectivity index (χ3v) is 5.43. The van der Waals surface area contributed by atoms with E-state index in [1.807, 2.05) is 43.3 Å². The van der Waals surface area contributed by atoms with Crippen molar-refractivity contribution in [1.29, 1.82) is 0 Å². The minimum Gasteiger partial charge on any atom is -0.319 e. The second-order valence-corrected chi connectivity index (χ2v) is 8.36. The first-order valence-corrected chi connectivity index (χ1v) is 10.5. The van der Waals surface area contributed by atoms with Gasteiger partial charge in [0.25, 0.3) is 5.91 Å². The number of carbonyl (C=O) groups excluding carboxylic acids is 1. The normalized spacial score (nSPS) is 10.8. The van der Waals surface area contributed by atoms with Gasteiger partial charge in [0.1, 0.15) is 0 Å². The number of nitrogens with one attached hydrogen (secondary N) is 1. The maximum Gasteiger partial charge on any atom is 0.295 e. The summed E-state index contributed by atoms with van der Waals surface area (Å²) >= 11 is 15.6. The molecular formula is C22H15BrCl2N4O. The Morgan fingerprint density at radius 3 is 2.33 bits per heavy atom. The Balaban J connectivity index is 1.79. The Labute approximate surface area is 191 Å². The first-order chi connectivity index (χ1) is 14.4. The number of aryl methyl sites for hydroxylation is 1. The first kappa shape index (κ1) is 20.6. The molecule has 0 fully saturated rings. The second-order valence-electron chi connectivity index (χ2n) is 6.57. The molecule has 0 aliphatic carbocycles. The van der Waals surface area contributed by atoms with E-state index in [1.165, 1.54) is 0 Å². The van der Waals surface area contributed by atoms with Gasteiger partial charge in [-0.25, -0.2) is 9.67 Å². The van der Waals surface area contributed by atoms with Crippen molar-refractivity contribution in [1.82, 2.24) is 14.8 Å². The van der Waals surface area contributed by atoms with Crippen LogP contribution in [0.5, 0.6) is 0 Å². The Morgan fingerprint density at radius 2 is 1.63 bits per heavy atom. The summed E-state index contributed by atoms with van der Waals surface area (Å²) in [7, 11) is 0. The number of nitrogens with zero attached hydrogens (tertiary/aromatic N) is 3. The van der Waals surface area contributed by atoms with Gasteiger partial charge >= 0.3 is 0 Å². The summed E-state index contributed by atoms with van der Waals surface area (Å²) in [5, 5.41) is 8.44. The fourth-order valence-electron chi connectivity index (χ4n) is 2.89. The number of rotatable bonds is 4. The number of anilines is 1. The van der Waals surface area contributed by atoms with Crippen LogP contribution in [0.2, 0.25) is 10.0 Å². The molecule has 0 bridgehead atoms. The van der Waals surface area contributed by atoms with Gasteiger partial charge in [0.2, 0.25) is 5.82 Å². The summed E-state index contributed by atoms with van der Waals surface area (Å²) in [6, 6.07) is 20.0. The fraction of sp³-hybridized carbons (Fsp3) is 0.0455. The summed E-state index contributed by atoms with van der Waals surface area (Å²) in [6.45, 7) is 1.95. The average Bonchev–Trinajstić information content (AvgIpc) is 3.17. The van der Waals surface area contributed by atoms with Crippen molar-refractivity contribution < 1.29 is 4.79 Å². The third kappa shape index (κ3) is 4.41. The second kappa shape index (κ2) is 8.60. The Bertz CT molecular complexity index is 1220. The number of hydrogen-bond acceptors (Lipinski definition) is 3. The van der Waals surface area contributed by atoms with Gasteiger partial charge in [0, 0.05) is 25.8 Å². The molecule has 4 rings (SSSR count). The SMILES string of the molecule is Cc1ccc(Cl)cc1-n1nc(C(=O)Nc2ccc(Cl)cc2)nc1-c1ccc(Br)cc1. The highest BCUT2D eigenvalue weighted by molar-refractivity contribution is 9.10. The van der Waals surface area contributed by atoms with Crippen LogP contribution in [0.1, 0.15) is 16.2 Å². The summed E-state index contributed by atoms with van der Waals surface area (Å²) in [4.78, 5) is 17.3. The maximum absolute atomic E-state index is 12.8. The fourth-order valence-corrected chi connectivity index (χ4v) is 3.45. The number of carbonyl (C=O) groups is 1. The summed E-state index contributed by atoms with van der Waals surface area (Å²) < 4.78 is 2.58. The molecule has 1 amide bonds. The van der Waals surface area contributed by atoms with Crippen LogP contribution in [0.4, 0.5) is 5.69 Å². The molecule has 4 aromatic rings. The number of amides is 1. The average molecular weight is 502 g/mol. The molecule has 0 aliphatic heterocycles. The van der Waals surface area contributed by atoms with E-state index < -0.39 is 5.91 Å². The van der Waals surface area contributed by atoms with Gasteiger partial charge in [-0.1, -0.05) is 57.3 Å². The highest BCUT2D eigenvalue weighted by Crippen LogP contribution is 2.27. The van der Waals surface area contributed by atoms with E-state index in [1.54, 1.807) is 35.0 Å². The standard InChI is InChI=1S/C22H15BrCl2N4O/c1-13-2-7-17(25)12-19(13)29-21(14-3-5-15(23)6-4-14)27-20(28-29)22(30)26-18-10-8-16(24)9-11-18/h2-12H,1H3,(H,26,30). The molecule has 0 radical (unpaired) electrons. The van der Waals surface area contributed by atoms with Crippen molar-refractivity contribution in [3.05, 3.63) is 92.6 Å². The molecule has 0 atom stereocenters.